The summed E-state index contributed by atoms with van der Waals surface area (Å²) < 4.78 is 10.8. The average molecular weight is 377 g/mol. The zero-order valence-electron chi connectivity index (χ0n) is 16.6. The molecule has 5 nitrogen and oxygen atoms in total. The molecule has 0 fully saturated rings. The van der Waals surface area contributed by atoms with E-state index in [1.54, 1.807) is 7.11 Å². The van der Waals surface area contributed by atoms with Crippen molar-refractivity contribution in [1.82, 2.24) is 14.7 Å². The molecule has 0 saturated carbocycles. The summed E-state index contributed by atoms with van der Waals surface area (Å²) >= 11 is 0. The minimum Gasteiger partial charge on any atom is -0.468 e. The first kappa shape index (κ1) is 18.7. The fourth-order valence-electron chi connectivity index (χ4n) is 3.98. The van der Waals surface area contributed by atoms with E-state index >= 15 is 0 Å². The lowest BCUT2D eigenvalue weighted by Gasteiger charge is -2.42. The van der Waals surface area contributed by atoms with Gasteiger partial charge in [0.05, 0.1) is 26.9 Å². The molecule has 28 heavy (non-hydrogen) atoms. The Kier molecular flexibility index (Phi) is 5.70. The Morgan fingerprint density at radius 1 is 1.07 bits per heavy atom. The van der Waals surface area contributed by atoms with E-state index in [9.17, 15) is 0 Å². The second kappa shape index (κ2) is 8.55. The molecule has 2 aliphatic rings. The van der Waals surface area contributed by atoms with Crippen LogP contribution in [0.4, 0.5) is 0 Å². The summed E-state index contributed by atoms with van der Waals surface area (Å²) in [5, 5.41) is 0. The first-order valence-corrected chi connectivity index (χ1v) is 9.74. The molecule has 2 aliphatic heterocycles. The summed E-state index contributed by atoms with van der Waals surface area (Å²) in [5.41, 5.74) is 4.08. The standard InChI is InChI=1S/C23H27N3O2/c1-24-18-26(17-21-10-11-23(27-2)28-21)16-20-15-25(14-12-22(20)24)13-6-9-19-7-4-3-5-8-19/h3-5,7-8,10-11H,12-18H2,1-2H3. The van der Waals surface area contributed by atoms with Crippen LogP contribution in [0.3, 0.4) is 0 Å². The van der Waals surface area contributed by atoms with Crippen molar-refractivity contribution in [2.24, 2.45) is 0 Å². The number of furan rings is 1. The van der Waals surface area contributed by atoms with Crippen molar-refractivity contribution in [3.05, 3.63) is 65.1 Å². The third-order valence-electron chi connectivity index (χ3n) is 5.30. The molecule has 0 aliphatic carbocycles. The molecule has 4 rings (SSSR count). The van der Waals surface area contributed by atoms with Gasteiger partial charge in [0.1, 0.15) is 5.76 Å². The van der Waals surface area contributed by atoms with Gasteiger partial charge >= 0.3 is 0 Å². The van der Waals surface area contributed by atoms with Gasteiger partial charge in [-0.2, -0.15) is 0 Å². The van der Waals surface area contributed by atoms with Crippen LogP contribution in [-0.2, 0) is 6.54 Å². The third-order valence-corrected chi connectivity index (χ3v) is 5.30. The fraction of sp³-hybridized carbons (Fsp3) is 0.391. The molecule has 5 heteroatoms. The minimum atomic E-state index is 0.570. The van der Waals surface area contributed by atoms with Crippen molar-refractivity contribution in [3.8, 4) is 17.8 Å². The number of hydrogen-bond acceptors (Lipinski definition) is 5. The summed E-state index contributed by atoms with van der Waals surface area (Å²) in [6, 6.07) is 14.1. The normalized spacial score (nSPS) is 17.9. The number of benzene rings is 1. The monoisotopic (exact) mass is 377 g/mol. The predicted molar refractivity (Wildman–Crippen MR) is 110 cm³/mol. The summed E-state index contributed by atoms with van der Waals surface area (Å²) in [7, 11) is 3.82. The highest BCUT2D eigenvalue weighted by atomic mass is 16.6. The van der Waals surface area contributed by atoms with E-state index in [0.29, 0.717) is 5.95 Å². The van der Waals surface area contributed by atoms with Gasteiger partial charge in [-0.1, -0.05) is 30.0 Å². The van der Waals surface area contributed by atoms with Gasteiger partial charge in [-0.25, -0.2) is 0 Å². The molecule has 2 aromatic rings. The Balaban J connectivity index is 1.37. The van der Waals surface area contributed by atoms with E-state index in [-0.39, 0.29) is 0 Å². The maximum Gasteiger partial charge on any atom is 0.284 e. The Labute approximate surface area is 167 Å². The van der Waals surface area contributed by atoms with Gasteiger partial charge in [-0.3, -0.25) is 9.80 Å². The van der Waals surface area contributed by atoms with Crippen molar-refractivity contribution >= 4 is 0 Å². The highest BCUT2D eigenvalue weighted by molar-refractivity contribution is 5.34. The maximum atomic E-state index is 5.70. The molecule has 0 amide bonds. The van der Waals surface area contributed by atoms with Crippen LogP contribution in [0.15, 0.2) is 58.2 Å². The topological polar surface area (TPSA) is 32.1 Å². The lowest BCUT2D eigenvalue weighted by Crippen LogP contribution is -2.47. The van der Waals surface area contributed by atoms with Gasteiger partial charge in [0.2, 0.25) is 0 Å². The van der Waals surface area contributed by atoms with E-state index < -0.39 is 0 Å². The summed E-state index contributed by atoms with van der Waals surface area (Å²) in [6.45, 7) is 5.56. The van der Waals surface area contributed by atoms with Gasteiger partial charge < -0.3 is 14.1 Å². The number of hydrogen-bond donors (Lipinski definition) is 0. The molecular formula is C23H27N3O2. The van der Waals surface area contributed by atoms with Crippen molar-refractivity contribution in [2.75, 3.05) is 47.0 Å². The van der Waals surface area contributed by atoms with Crippen LogP contribution in [0.1, 0.15) is 17.7 Å². The Hall–Kier alpha value is -2.68. The number of nitrogens with zero attached hydrogens (tertiary/aromatic N) is 3. The third kappa shape index (κ3) is 4.41. The van der Waals surface area contributed by atoms with Gasteiger partial charge in [0.15, 0.2) is 0 Å². The molecule has 0 atom stereocenters. The van der Waals surface area contributed by atoms with Crippen molar-refractivity contribution in [1.29, 1.82) is 0 Å². The molecule has 0 unspecified atom stereocenters. The number of ether oxygens (including phenoxy) is 1. The van der Waals surface area contributed by atoms with E-state index in [4.69, 9.17) is 9.15 Å². The number of methoxy groups -OCH3 is 1. The highest BCUT2D eigenvalue weighted by Gasteiger charge is 2.27. The van der Waals surface area contributed by atoms with Crippen LogP contribution < -0.4 is 4.74 Å². The fourth-order valence-corrected chi connectivity index (χ4v) is 3.98. The average Bonchev–Trinajstić information content (AvgIpc) is 3.16. The number of rotatable bonds is 4. The van der Waals surface area contributed by atoms with E-state index in [1.165, 1.54) is 11.3 Å². The Morgan fingerprint density at radius 2 is 1.89 bits per heavy atom. The smallest absolute Gasteiger partial charge is 0.284 e. The zero-order chi connectivity index (χ0) is 19.3. The SMILES string of the molecule is COc1ccc(CN2CC3=C(CCN(CC#Cc4ccccc4)C3)N(C)C2)o1. The van der Waals surface area contributed by atoms with E-state index in [1.807, 2.05) is 30.3 Å². The van der Waals surface area contributed by atoms with Crippen molar-refractivity contribution in [3.63, 3.8) is 0 Å². The molecule has 3 heterocycles. The van der Waals surface area contributed by atoms with Gasteiger partial charge in [-0.15, -0.1) is 0 Å². The lowest BCUT2D eigenvalue weighted by molar-refractivity contribution is 0.128. The highest BCUT2D eigenvalue weighted by Crippen LogP contribution is 2.27. The molecular weight excluding hydrogens is 350 g/mol. The van der Waals surface area contributed by atoms with Crippen LogP contribution in [0, 0.1) is 11.8 Å². The Morgan fingerprint density at radius 3 is 2.68 bits per heavy atom. The minimum absolute atomic E-state index is 0.570. The van der Waals surface area contributed by atoms with Crippen LogP contribution in [-0.4, -0.2) is 61.7 Å². The van der Waals surface area contributed by atoms with Gasteiger partial charge in [0, 0.05) is 50.4 Å². The molecule has 0 bridgehead atoms. The second-order valence-corrected chi connectivity index (χ2v) is 7.43. The first-order valence-electron chi connectivity index (χ1n) is 9.74. The summed E-state index contributed by atoms with van der Waals surface area (Å²) in [5.74, 6) is 8.12. The largest absolute Gasteiger partial charge is 0.468 e. The molecule has 0 spiro atoms. The quantitative estimate of drug-likeness (QED) is 0.765. The van der Waals surface area contributed by atoms with Crippen LogP contribution in [0.5, 0.6) is 5.95 Å². The summed E-state index contributed by atoms with van der Waals surface area (Å²) in [6.07, 6.45) is 1.10. The van der Waals surface area contributed by atoms with Crippen molar-refractivity contribution in [2.45, 2.75) is 13.0 Å². The molecule has 0 saturated heterocycles. The summed E-state index contributed by atoms with van der Waals surface area (Å²) in [4.78, 5) is 7.24. The van der Waals surface area contributed by atoms with Crippen LogP contribution in [0.2, 0.25) is 0 Å². The lowest BCUT2D eigenvalue weighted by atomic mass is 10.0. The molecule has 1 aromatic heterocycles. The molecule has 0 radical (unpaired) electrons. The molecule has 146 valence electrons. The van der Waals surface area contributed by atoms with Gasteiger partial charge in [-0.05, 0) is 23.8 Å². The predicted octanol–water partition coefficient (Wildman–Crippen LogP) is 3.00. The first-order chi connectivity index (χ1) is 13.7. The van der Waals surface area contributed by atoms with E-state index in [2.05, 4.69) is 45.7 Å². The Bertz CT molecular complexity index is 891. The molecule has 0 N–H and O–H groups in total. The van der Waals surface area contributed by atoms with Gasteiger partial charge in [0.25, 0.3) is 5.95 Å². The zero-order valence-corrected chi connectivity index (χ0v) is 16.6. The van der Waals surface area contributed by atoms with Crippen LogP contribution >= 0.6 is 0 Å². The van der Waals surface area contributed by atoms with Crippen molar-refractivity contribution < 1.29 is 9.15 Å². The van der Waals surface area contributed by atoms with E-state index in [0.717, 1.165) is 57.1 Å². The molecule has 1 aromatic carbocycles. The maximum absolute atomic E-state index is 5.70. The second-order valence-electron chi connectivity index (χ2n) is 7.43. The van der Waals surface area contributed by atoms with Crippen LogP contribution in [0.25, 0.3) is 0 Å².